The first kappa shape index (κ1) is 9.71. The number of carbonyl (C=O) groups is 1. The van der Waals surface area contributed by atoms with E-state index in [-0.39, 0.29) is 5.82 Å². The van der Waals surface area contributed by atoms with Crippen LogP contribution in [0.2, 0.25) is 0 Å². The van der Waals surface area contributed by atoms with Gasteiger partial charge in [-0.25, -0.2) is 9.18 Å². The number of hydrogen-bond acceptors (Lipinski definition) is 3. The minimum Gasteiger partial charge on any atom is -0.474 e. The number of benzene rings is 1. The molecule has 0 amide bonds. The van der Waals surface area contributed by atoms with E-state index in [0.29, 0.717) is 11.3 Å². The van der Waals surface area contributed by atoms with Crippen LogP contribution in [0.15, 0.2) is 24.3 Å². The molecule has 0 bridgehead atoms. The standard InChI is InChI=1S/C11H9FO3/c1-14-11(13)10-4-2-7-6-8(12)3-5-9(7)15-10/h2-6,10H,1H3/t10-/m0/s1. The zero-order valence-corrected chi connectivity index (χ0v) is 8.07. The smallest absolute Gasteiger partial charge is 0.351 e. The van der Waals surface area contributed by atoms with Gasteiger partial charge in [0, 0.05) is 5.56 Å². The van der Waals surface area contributed by atoms with Crippen LogP contribution in [0.5, 0.6) is 5.75 Å². The number of ether oxygens (including phenoxy) is 2. The Hall–Kier alpha value is -1.84. The van der Waals surface area contributed by atoms with Gasteiger partial charge in [-0.15, -0.1) is 0 Å². The number of fused-ring (bicyclic) bond motifs is 1. The highest BCUT2D eigenvalue weighted by Crippen LogP contribution is 2.26. The number of rotatable bonds is 1. The van der Waals surface area contributed by atoms with Gasteiger partial charge in [-0.2, -0.15) is 0 Å². The van der Waals surface area contributed by atoms with Gasteiger partial charge in [0.25, 0.3) is 0 Å². The lowest BCUT2D eigenvalue weighted by atomic mass is 10.1. The van der Waals surface area contributed by atoms with Crippen molar-refractivity contribution in [3.8, 4) is 5.75 Å². The number of carbonyl (C=O) groups excluding carboxylic acids is 1. The van der Waals surface area contributed by atoms with E-state index in [1.54, 1.807) is 6.08 Å². The Kier molecular flexibility index (Phi) is 2.41. The largest absolute Gasteiger partial charge is 0.474 e. The van der Waals surface area contributed by atoms with Crippen molar-refractivity contribution in [2.24, 2.45) is 0 Å². The van der Waals surface area contributed by atoms with Gasteiger partial charge >= 0.3 is 5.97 Å². The van der Waals surface area contributed by atoms with E-state index in [2.05, 4.69) is 4.74 Å². The number of methoxy groups -OCH3 is 1. The summed E-state index contributed by atoms with van der Waals surface area (Å²) in [5, 5.41) is 0. The van der Waals surface area contributed by atoms with Crippen molar-refractivity contribution in [3.63, 3.8) is 0 Å². The predicted molar refractivity (Wildman–Crippen MR) is 51.9 cm³/mol. The van der Waals surface area contributed by atoms with Crippen molar-refractivity contribution in [3.05, 3.63) is 35.7 Å². The molecule has 0 N–H and O–H groups in total. The second kappa shape index (κ2) is 3.73. The van der Waals surface area contributed by atoms with Crippen LogP contribution in [0.4, 0.5) is 4.39 Å². The summed E-state index contributed by atoms with van der Waals surface area (Å²) in [6.45, 7) is 0. The van der Waals surface area contributed by atoms with E-state index in [4.69, 9.17) is 4.74 Å². The van der Waals surface area contributed by atoms with Gasteiger partial charge in [-0.05, 0) is 24.3 Å². The third kappa shape index (κ3) is 1.83. The van der Waals surface area contributed by atoms with Gasteiger partial charge in [-0.1, -0.05) is 6.08 Å². The van der Waals surface area contributed by atoms with Crippen LogP contribution in [-0.4, -0.2) is 19.2 Å². The zero-order chi connectivity index (χ0) is 10.8. The minimum atomic E-state index is -0.743. The fourth-order valence-electron chi connectivity index (χ4n) is 1.37. The minimum absolute atomic E-state index is 0.335. The molecule has 0 unspecified atom stereocenters. The SMILES string of the molecule is COC(=O)[C@@H]1C=Cc2cc(F)ccc2O1. The molecule has 1 heterocycles. The van der Waals surface area contributed by atoms with Crippen LogP contribution in [0.3, 0.4) is 0 Å². The molecule has 0 fully saturated rings. The quantitative estimate of drug-likeness (QED) is 0.660. The summed E-state index contributed by atoms with van der Waals surface area (Å²) in [6.07, 6.45) is 2.44. The lowest BCUT2D eigenvalue weighted by Gasteiger charge is -2.19. The Morgan fingerprint density at radius 1 is 1.53 bits per heavy atom. The van der Waals surface area contributed by atoms with Crippen molar-refractivity contribution in [2.75, 3.05) is 7.11 Å². The van der Waals surface area contributed by atoms with Crippen LogP contribution in [0, 0.1) is 5.82 Å². The molecule has 78 valence electrons. The molecule has 1 aromatic rings. The Bertz CT molecular complexity index is 426. The highest BCUT2D eigenvalue weighted by Gasteiger charge is 2.22. The second-order valence-corrected chi connectivity index (χ2v) is 3.10. The molecule has 0 saturated heterocycles. The molecular weight excluding hydrogens is 199 g/mol. The Morgan fingerprint density at radius 2 is 2.33 bits per heavy atom. The fraction of sp³-hybridized carbons (Fsp3) is 0.182. The number of esters is 1. The average Bonchev–Trinajstić information content (AvgIpc) is 2.27. The van der Waals surface area contributed by atoms with Crippen molar-refractivity contribution in [1.29, 1.82) is 0 Å². The maximum Gasteiger partial charge on any atom is 0.351 e. The van der Waals surface area contributed by atoms with Crippen molar-refractivity contribution >= 4 is 12.0 Å². The molecule has 1 aliphatic rings. The van der Waals surface area contributed by atoms with Crippen molar-refractivity contribution < 1.29 is 18.7 Å². The van der Waals surface area contributed by atoms with E-state index in [1.165, 1.54) is 31.4 Å². The summed E-state index contributed by atoms with van der Waals surface area (Å²) in [7, 11) is 1.29. The normalized spacial score (nSPS) is 17.9. The van der Waals surface area contributed by atoms with Crippen LogP contribution in [-0.2, 0) is 9.53 Å². The molecule has 0 radical (unpaired) electrons. The molecule has 0 spiro atoms. The summed E-state index contributed by atoms with van der Waals surface area (Å²) in [6, 6.07) is 4.12. The number of hydrogen-bond donors (Lipinski definition) is 0. The second-order valence-electron chi connectivity index (χ2n) is 3.10. The molecule has 0 saturated carbocycles. The third-order valence-electron chi connectivity index (χ3n) is 2.11. The maximum atomic E-state index is 12.8. The first-order valence-electron chi connectivity index (χ1n) is 4.43. The average molecular weight is 208 g/mol. The molecule has 2 rings (SSSR count). The summed E-state index contributed by atoms with van der Waals surface area (Å²) >= 11 is 0. The fourth-order valence-corrected chi connectivity index (χ4v) is 1.37. The van der Waals surface area contributed by atoms with Gasteiger partial charge < -0.3 is 9.47 Å². The Labute approximate surface area is 86.1 Å². The van der Waals surface area contributed by atoms with E-state index in [9.17, 15) is 9.18 Å². The van der Waals surface area contributed by atoms with Crippen molar-refractivity contribution in [2.45, 2.75) is 6.10 Å². The first-order valence-corrected chi connectivity index (χ1v) is 4.43. The summed E-state index contributed by atoms with van der Waals surface area (Å²) < 4.78 is 22.7. The van der Waals surface area contributed by atoms with Gasteiger partial charge in [0.15, 0.2) is 0 Å². The Morgan fingerprint density at radius 3 is 3.07 bits per heavy atom. The lowest BCUT2D eigenvalue weighted by molar-refractivity contribution is -0.146. The maximum absolute atomic E-state index is 12.8. The van der Waals surface area contributed by atoms with Gasteiger partial charge in [0.05, 0.1) is 7.11 Å². The van der Waals surface area contributed by atoms with E-state index < -0.39 is 12.1 Å². The lowest BCUT2D eigenvalue weighted by Crippen LogP contribution is -2.28. The molecule has 0 aliphatic carbocycles. The van der Waals surface area contributed by atoms with Gasteiger partial charge in [0.2, 0.25) is 6.10 Å². The molecule has 4 heteroatoms. The molecule has 1 aliphatic heterocycles. The van der Waals surface area contributed by atoms with Crippen LogP contribution < -0.4 is 4.74 Å². The highest BCUT2D eigenvalue weighted by molar-refractivity contribution is 5.80. The molecule has 1 atom stereocenters. The van der Waals surface area contributed by atoms with E-state index in [0.717, 1.165) is 0 Å². The summed E-state index contributed by atoms with van der Waals surface area (Å²) in [5.41, 5.74) is 0.621. The van der Waals surface area contributed by atoms with Crippen LogP contribution >= 0.6 is 0 Å². The topological polar surface area (TPSA) is 35.5 Å². The predicted octanol–water partition coefficient (Wildman–Crippen LogP) is 1.77. The van der Waals surface area contributed by atoms with Crippen molar-refractivity contribution in [1.82, 2.24) is 0 Å². The first-order chi connectivity index (χ1) is 7.20. The number of halogens is 1. The highest BCUT2D eigenvalue weighted by atomic mass is 19.1. The van der Waals surface area contributed by atoms with E-state index in [1.807, 2.05) is 0 Å². The van der Waals surface area contributed by atoms with Gasteiger partial charge in [0.1, 0.15) is 11.6 Å². The van der Waals surface area contributed by atoms with Crippen LogP contribution in [0.1, 0.15) is 5.56 Å². The molecule has 15 heavy (non-hydrogen) atoms. The molecule has 3 nitrogen and oxygen atoms in total. The zero-order valence-electron chi connectivity index (χ0n) is 8.07. The van der Waals surface area contributed by atoms with Gasteiger partial charge in [-0.3, -0.25) is 0 Å². The van der Waals surface area contributed by atoms with Crippen LogP contribution in [0.25, 0.3) is 6.08 Å². The summed E-state index contributed by atoms with van der Waals surface area (Å²) in [4.78, 5) is 11.2. The molecule has 0 aromatic heterocycles. The third-order valence-corrected chi connectivity index (χ3v) is 2.11. The monoisotopic (exact) mass is 208 g/mol. The molecular formula is C11H9FO3. The summed E-state index contributed by atoms with van der Waals surface area (Å²) in [5.74, 6) is -0.325. The molecule has 1 aromatic carbocycles. The van der Waals surface area contributed by atoms with E-state index >= 15 is 0 Å². The Balaban J connectivity index is 2.28.